The topological polar surface area (TPSA) is 76.1 Å². The third kappa shape index (κ3) is 17.2. The molecule has 0 unspecified atom stereocenters. The zero-order valence-electron chi connectivity index (χ0n) is 11.0. The Kier molecular flexibility index (Phi) is 15.2. The van der Waals surface area contributed by atoms with Crippen LogP contribution in [0.2, 0.25) is 0 Å². The predicted octanol–water partition coefficient (Wildman–Crippen LogP) is 3.16. The maximum atomic E-state index is 5.36. The van der Waals surface area contributed by atoms with Crippen molar-refractivity contribution < 1.29 is 0 Å². The van der Waals surface area contributed by atoms with Gasteiger partial charge in [-0.05, 0) is 62.4 Å². The molecule has 0 saturated heterocycles. The van der Waals surface area contributed by atoms with Crippen LogP contribution in [0.15, 0.2) is 0 Å². The fourth-order valence-electron chi connectivity index (χ4n) is 1.02. The van der Waals surface area contributed by atoms with Crippen molar-refractivity contribution in [3.63, 3.8) is 0 Å². The number of rotatable bonds is 6. The van der Waals surface area contributed by atoms with E-state index in [9.17, 15) is 0 Å². The van der Waals surface area contributed by atoms with Gasteiger partial charge in [-0.3, -0.25) is 0 Å². The first-order valence-corrected chi connectivity index (χ1v) is 11.7. The highest BCUT2D eigenvalue weighted by Gasteiger charge is 2.00. The Morgan fingerprint density at radius 2 is 1.05 bits per heavy atom. The van der Waals surface area contributed by atoms with Gasteiger partial charge in [-0.25, -0.2) is 0 Å². The molecular weight excluding hydrogens is 421 g/mol. The summed E-state index contributed by atoms with van der Waals surface area (Å²) < 4.78 is 2.19. The van der Waals surface area contributed by atoms with Crippen LogP contribution >= 0.6 is 92.0 Å². The third-order valence-corrected chi connectivity index (χ3v) is 8.01. The molecule has 0 saturated carbocycles. The number of nitrogens with two attached hydrogens (primary N) is 2. The quantitative estimate of drug-likeness (QED) is 0.281. The van der Waals surface area contributed by atoms with Gasteiger partial charge in [-0.1, -0.05) is 48.9 Å². The van der Waals surface area contributed by atoms with E-state index in [1.165, 1.54) is 43.2 Å². The first-order valence-electron chi connectivity index (χ1n) is 5.75. The molecule has 12 heteroatoms. The molecule has 0 aromatic rings. The largest absolute Gasteiger partial charge is 0.384 e. The molecule has 0 radical (unpaired) electrons. The normalized spacial score (nSPS) is 9.90. The van der Waals surface area contributed by atoms with Gasteiger partial charge in [-0.15, -0.1) is 0 Å². The van der Waals surface area contributed by atoms with Gasteiger partial charge in [-0.2, -0.15) is 0 Å². The lowest BCUT2D eigenvalue weighted by Crippen LogP contribution is -2.21. The van der Waals surface area contributed by atoms with E-state index in [2.05, 4.69) is 10.6 Å². The number of hydrogen-bond acceptors (Lipinski definition) is 8. The van der Waals surface area contributed by atoms with Gasteiger partial charge in [0.15, 0.2) is 0 Å². The van der Waals surface area contributed by atoms with E-state index < -0.39 is 0 Å². The van der Waals surface area contributed by atoms with Crippen LogP contribution in [0.3, 0.4) is 0 Å². The van der Waals surface area contributed by atoms with Crippen molar-refractivity contribution in [3.05, 3.63) is 0 Å². The van der Waals surface area contributed by atoms with E-state index in [0.29, 0.717) is 17.3 Å². The van der Waals surface area contributed by atoms with Crippen molar-refractivity contribution in [2.24, 2.45) is 11.5 Å². The first-order chi connectivity index (χ1) is 9.91. The molecule has 0 aliphatic rings. The molecule has 0 aromatic carbocycles. The predicted molar refractivity (Wildman–Crippen MR) is 119 cm³/mol. The highest BCUT2D eigenvalue weighted by atomic mass is 33.1. The number of nitrogens with one attached hydrogen (secondary N) is 2. The summed E-state index contributed by atoms with van der Waals surface area (Å²) in [6.07, 6.45) is 3.18. The van der Waals surface area contributed by atoms with Crippen LogP contribution in [0.1, 0.15) is 19.3 Å². The highest BCUT2D eigenvalue weighted by molar-refractivity contribution is 8.90. The molecule has 6 N–H and O–H groups in total. The summed E-state index contributed by atoms with van der Waals surface area (Å²) >= 11 is 19.7. The van der Waals surface area contributed by atoms with Crippen LogP contribution in [-0.2, 0) is 0 Å². The lowest BCUT2D eigenvalue weighted by atomic mass is 10.2. The molecule has 0 aromatic heterocycles. The summed E-state index contributed by atoms with van der Waals surface area (Å²) in [7, 11) is 5.35. The Balaban J connectivity index is 3.36. The van der Waals surface area contributed by atoms with Crippen LogP contribution in [0.25, 0.3) is 0 Å². The molecule has 0 aliphatic heterocycles. The van der Waals surface area contributed by atoms with Crippen molar-refractivity contribution >= 4 is 109 Å². The van der Waals surface area contributed by atoms with E-state index in [4.69, 9.17) is 60.3 Å². The molecule has 0 spiro atoms. The van der Waals surface area contributed by atoms with Crippen molar-refractivity contribution in [2.45, 2.75) is 19.3 Å². The van der Waals surface area contributed by atoms with Crippen LogP contribution in [0.4, 0.5) is 0 Å². The Bertz CT molecular complexity index is 341. The maximum absolute atomic E-state index is 5.36. The SMILES string of the molecule is NC(=S)SSC(=S)NCCCCCNC(=S)SSC(N)=S. The molecule has 0 rings (SSSR count). The van der Waals surface area contributed by atoms with Crippen LogP contribution in [0, 0.1) is 0 Å². The summed E-state index contributed by atoms with van der Waals surface area (Å²) in [5.41, 5.74) is 10.7. The molecule has 0 amide bonds. The average molecular weight is 437 g/mol. The van der Waals surface area contributed by atoms with Gasteiger partial charge in [0.2, 0.25) is 0 Å². The molecular formula is C9H16N4S8. The first kappa shape index (κ1) is 22.0. The average Bonchev–Trinajstić information content (AvgIpc) is 2.41. The third-order valence-electron chi connectivity index (χ3n) is 1.79. The number of thiocarbonyl (C=S) groups is 4. The summed E-state index contributed by atoms with van der Waals surface area (Å²) in [5, 5.41) is 6.29. The van der Waals surface area contributed by atoms with Crippen molar-refractivity contribution in [3.8, 4) is 0 Å². The molecule has 0 heterocycles. The monoisotopic (exact) mass is 436 g/mol. The van der Waals surface area contributed by atoms with E-state index in [-0.39, 0.29) is 0 Å². The summed E-state index contributed by atoms with van der Waals surface area (Å²) in [5.74, 6) is 0. The highest BCUT2D eigenvalue weighted by Crippen LogP contribution is 2.22. The Labute approximate surface area is 162 Å². The van der Waals surface area contributed by atoms with Crippen molar-refractivity contribution in [1.82, 2.24) is 10.6 Å². The minimum Gasteiger partial charge on any atom is -0.384 e. The fourth-order valence-corrected chi connectivity index (χ4v) is 4.39. The molecule has 0 atom stereocenters. The maximum Gasteiger partial charge on any atom is 0.144 e. The van der Waals surface area contributed by atoms with Gasteiger partial charge in [0.25, 0.3) is 0 Å². The fraction of sp³-hybridized carbons (Fsp3) is 0.556. The van der Waals surface area contributed by atoms with Gasteiger partial charge >= 0.3 is 0 Å². The minimum atomic E-state index is 0.387. The van der Waals surface area contributed by atoms with Crippen molar-refractivity contribution in [2.75, 3.05) is 13.1 Å². The van der Waals surface area contributed by atoms with Crippen LogP contribution < -0.4 is 22.1 Å². The zero-order valence-corrected chi connectivity index (χ0v) is 17.5. The Morgan fingerprint density at radius 1 is 0.667 bits per heavy atom. The van der Waals surface area contributed by atoms with E-state index in [1.807, 2.05) is 0 Å². The standard InChI is InChI=1S/C9H16N4S8/c10-6(14)18-20-8(16)12-4-2-1-3-5-13-9(17)21-19-7(11)15/h1-5H2,(H2,10,14)(H2,11,15)(H,12,16)(H,13,17). The second-order valence-corrected chi connectivity index (χ2v) is 10.6. The summed E-state index contributed by atoms with van der Waals surface area (Å²) in [4.78, 5) is 0. The summed E-state index contributed by atoms with van der Waals surface area (Å²) in [6, 6.07) is 0. The van der Waals surface area contributed by atoms with E-state index >= 15 is 0 Å². The number of unbranched alkanes of at least 4 members (excludes halogenated alkanes) is 2. The van der Waals surface area contributed by atoms with E-state index in [0.717, 1.165) is 32.4 Å². The second kappa shape index (κ2) is 14.5. The molecule has 21 heavy (non-hydrogen) atoms. The van der Waals surface area contributed by atoms with Crippen molar-refractivity contribution in [1.29, 1.82) is 0 Å². The second-order valence-electron chi connectivity index (χ2n) is 3.46. The van der Waals surface area contributed by atoms with Gasteiger partial charge in [0.05, 0.1) is 0 Å². The molecule has 120 valence electrons. The zero-order chi connectivity index (χ0) is 16.1. The van der Waals surface area contributed by atoms with E-state index in [1.54, 1.807) is 0 Å². The smallest absolute Gasteiger partial charge is 0.144 e. The lowest BCUT2D eigenvalue weighted by Gasteiger charge is -2.07. The molecule has 4 nitrogen and oxygen atoms in total. The van der Waals surface area contributed by atoms with Gasteiger partial charge < -0.3 is 22.1 Å². The molecule has 0 bridgehead atoms. The van der Waals surface area contributed by atoms with Crippen LogP contribution in [-0.4, -0.2) is 30.4 Å². The molecule has 0 aliphatic carbocycles. The number of hydrogen-bond donors (Lipinski definition) is 4. The van der Waals surface area contributed by atoms with Crippen LogP contribution in [0.5, 0.6) is 0 Å². The lowest BCUT2D eigenvalue weighted by molar-refractivity contribution is 0.658. The van der Waals surface area contributed by atoms with Gasteiger partial charge in [0, 0.05) is 13.1 Å². The summed E-state index contributed by atoms with van der Waals surface area (Å²) in [6.45, 7) is 1.69. The minimum absolute atomic E-state index is 0.387. The van der Waals surface area contributed by atoms with Gasteiger partial charge in [0.1, 0.15) is 17.3 Å². The Morgan fingerprint density at radius 3 is 1.38 bits per heavy atom. The Hall–Kier alpha value is 0.960. The molecule has 0 fully saturated rings.